The van der Waals surface area contributed by atoms with Crippen molar-refractivity contribution in [3.05, 3.63) is 29.3 Å². The van der Waals surface area contributed by atoms with Crippen molar-refractivity contribution in [2.24, 2.45) is 0 Å². The van der Waals surface area contributed by atoms with E-state index in [9.17, 15) is 0 Å². The lowest BCUT2D eigenvalue weighted by Crippen LogP contribution is -2.30. The summed E-state index contributed by atoms with van der Waals surface area (Å²) in [6, 6.07) is 6.51. The lowest BCUT2D eigenvalue weighted by Gasteiger charge is -2.12. The SMILES string of the molecule is Cc1ccc(NCCNCC2CCCO2)cc1C. The molecule has 0 bridgehead atoms. The van der Waals surface area contributed by atoms with Crippen LogP contribution >= 0.6 is 0 Å². The summed E-state index contributed by atoms with van der Waals surface area (Å²) in [4.78, 5) is 0. The molecule has 1 atom stereocenters. The molecule has 1 aliphatic rings. The Morgan fingerprint density at radius 3 is 2.83 bits per heavy atom. The second kappa shape index (κ2) is 6.76. The lowest BCUT2D eigenvalue weighted by molar-refractivity contribution is 0.110. The summed E-state index contributed by atoms with van der Waals surface area (Å²) in [5.41, 5.74) is 3.89. The van der Waals surface area contributed by atoms with Crippen molar-refractivity contribution in [3.8, 4) is 0 Å². The highest BCUT2D eigenvalue weighted by atomic mass is 16.5. The van der Waals surface area contributed by atoms with Crippen LogP contribution in [0, 0.1) is 13.8 Å². The molecule has 3 heteroatoms. The van der Waals surface area contributed by atoms with Gasteiger partial charge in [-0.3, -0.25) is 0 Å². The monoisotopic (exact) mass is 248 g/mol. The van der Waals surface area contributed by atoms with Crippen molar-refractivity contribution in [1.82, 2.24) is 5.32 Å². The number of anilines is 1. The van der Waals surface area contributed by atoms with Crippen LogP contribution in [0.25, 0.3) is 0 Å². The van der Waals surface area contributed by atoms with Crippen molar-refractivity contribution in [2.75, 3.05) is 31.6 Å². The van der Waals surface area contributed by atoms with E-state index in [0.29, 0.717) is 6.10 Å². The number of rotatable bonds is 6. The van der Waals surface area contributed by atoms with E-state index in [-0.39, 0.29) is 0 Å². The molecule has 1 unspecified atom stereocenters. The van der Waals surface area contributed by atoms with Gasteiger partial charge in [0.2, 0.25) is 0 Å². The zero-order valence-electron chi connectivity index (χ0n) is 11.5. The Morgan fingerprint density at radius 2 is 2.11 bits per heavy atom. The summed E-state index contributed by atoms with van der Waals surface area (Å²) >= 11 is 0. The first kappa shape index (κ1) is 13.4. The molecule has 0 aliphatic carbocycles. The highest BCUT2D eigenvalue weighted by Crippen LogP contribution is 2.13. The smallest absolute Gasteiger partial charge is 0.0700 e. The van der Waals surface area contributed by atoms with Gasteiger partial charge in [-0.05, 0) is 49.9 Å². The van der Waals surface area contributed by atoms with Crippen LogP contribution in [0.3, 0.4) is 0 Å². The van der Waals surface area contributed by atoms with Crippen LogP contribution in [0.5, 0.6) is 0 Å². The maximum atomic E-state index is 5.56. The number of hydrogen-bond donors (Lipinski definition) is 2. The van der Waals surface area contributed by atoms with E-state index in [1.165, 1.54) is 29.7 Å². The second-order valence-electron chi connectivity index (χ2n) is 5.06. The van der Waals surface area contributed by atoms with E-state index in [0.717, 1.165) is 26.2 Å². The molecule has 1 aromatic carbocycles. The maximum absolute atomic E-state index is 5.56. The Balaban J connectivity index is 1.61. The van der Waals surface area contributed by atoms with Crippen LogP contribution in [0.2, 0.25) is 0 Å². The van der Waals surface area contributed by atoms with Crippen molar-refractivity contribution in [3.63, 3.8) is 0 Å². The minimum Gasteiger partial charge on any atom is -0.384 e. The third kappa shape index (κ3) is 4.00. The van der Waals surface area contributed by atoms with Crippen LogP contribution in [0.15, 0.2) is 18.2 Å². The zero-order chi connectivity index (χ0) is 12.8. The molecule has 1 heterocycles. The van der Waals surface area contributed by atoms with Crippen molar-refractivity contribution < 1.29 is 4.74 Å². The molecule has 0 amide bonds. The van der Waals surface area contributed by atoms with E-state index >= 15 is 0 Å². The fourth-order valence-electron chi connectivity index (χ4n) is 2.21. The van der Waals surface area contributed by atoms with Gasteiger partial charge in [-0.25, -0.2) is 0 Å². The van der Waals surface area contributed by atoms with Gasteiger partial charge in [0.05, 0.1) is 6.10 Å². The van der Waals surface area contributed by atoms with Gasteiger partial charge in [0.15, 0.2) is 0 Å². The van der Waals surface area contributed by atoms with E-state index in [1.54, 1.807) is 0 Å². The van der Waals surface area contributed by atoms with E-state index < -0.39 is 0 Å². The quantitative estimate of drug-likeness (QED) is 0.759. The van der Waals surface area contributed by atoms with Crippen molar-refractivity contribution in [1.29, 1.82) is 0 Å². The minimum atomic E-state index is 0.437. The Hall–Kier alpha value is -1.06. The normalized spacial score (nSPS) is 19.1. The first-order chi connectivity index (χ1) is 8.75. The van der Waals surface area contributed by atoms with Crippen LogP contribution < -0.4 is 10.6 Å². The van der Waals surface area contributed by atoms with E-state index in [1.807, 2.05) is 0 Å². The molecule has 0 aromatic heterocycles. The van der Waals surface area contributed by atoms with Gasteiger partial charge in [0.25, 0.3) is 0 Å². The molecule has 2 rings (SSSR count). The molecular formula is C15H24N2O. The fourth-order valence-corrected chi connectivity index (χ4v) is 2.21. The predicted octanol–water partition coefficient (Wildman–Crippen LogP) is 2.48. The summed E-state index contributed by atoms with van der Waals surface area (Å²) in [6.45, 7) is 8.14. The third-order valence-corrected chi connectivity index (χ3v) is 3.53. The van der Waals surface area contributed by atoms with Crippen LogP contribution in [0.1, 0.15) is 24.0 Å². The molecule has 1 fully saturated rings. The Bertz CT molecular complexity index is 373. The molecule has 1 saturated heterocycles. The van der Waals surface area contributed by atoms with Gasteiger partial charge in [-0.1, -0.05) is 6.07 Å². The molecule has 0 spiro atoms. The number of aryl methyl sites for hydroxylation is 2. The number of ether oxygens (including phenoxy) is 1. The molecule has 1 aliphatic heterocycles. The number of hydrogen-bond acceptors (Lipinski definition) is 3. The Labute approximate surface area is 110 Å². The number of benzene rings is 1. The molecule has 2 N–H and O–H groups in total. The first-order valence-corrected chi connectivity index (χ1v) is 6.89. The average Bonchev–Trinajstić information content (AvgIpc) is 2.86. The Kier molecular flexibility index (Phi) is 5.02. The van der Waals surface area contributed by atoms with E-state index in [2.05, 4.69) is 42.7 Å². The van der Waals surface area contributed by atoms with Gasteiger partial charge in [-0.15, -0.1) is 0 Å². The Morgan fingerprint density at radius 1 is 1.22 bits per heavy atom. The zero-order valence-corrected chi connectivity index (χ0v) is 11.5. The van der Waals surface area contributed by atoms with Gasteiger partial charge in [0, 0.05) is 31.9 Å². The van der Waals surface area contributed by atoms with Crippen LogP contribution in [-0.2, 0) is 4.74 Å². The fraction of sp³-hybridized carbons (Fsp3) is 0.600. The summed E-state index contributed by atoms with van der Waals surface area (Å²) in [5.74, 6) is 0. The van der Waals surface area contributed by atoms with Gasteiger partial charge in [0.1, 0.15) is 0 Å². The largest absolute Gasteiger partial charge is 0.384 e. The molecule has 1 aromatic rings. The second-order valence-corrected chi connectivity index (χ2v) is 5.06. The maximum Gasteiger partial charge on any atom is 0.0700 e. The number of nitrogens with one attached hydrogen (secondary N) is 2. The highest BCUT2D eigenvalue weighted by Gasteiger charge is 2.13. The van der Waals surface area contributed by atoms with Gasteiger partial charge >= 0.3 is 0 Å². The molecular weight excluding hydrogens is 224 g/mol. The van der Waals surface area contributed by atoms with Crippen LogP contribution in [-0.4, -0.2) is 32.3 Å². The first-order valence-electron chi connectivity index (χ1n) is 6.89. The average molecular weight is 248 g/mol. The van der Waals surface area contributed by atoms with Crippen molar-refractivity contribution >= 4 is 5.69 Å². The highest BCUT2D eigenvalue weighted by molar-refractivity contribution is 5.47. The van der Waals surface area contributed by atoms with Crippen LogP contribution in [0.4, 0.5) is 5.69 Å². The molecule has 0 saturated carbocycles. The summed E-state index contributed by atoms with van der Waals surface area (Å²) in [6.07, 6.45) is 2.86. The molecule has 3 nitrogen and oxygen atoms in total. The summed E-state index contributed by atoms with van der Waals surface area (Å²) in [5, 5.41) is 6.87. The van der Waals surface area contributed by atoms with E-state index in [4.69, 9.17) is 4.74 Å². The molecule has 100 valence electrons. The summed E-state index contributed by atoms with van der Waals surface area (Å²) < 4.78 is 5.56. The minimum absolute atomic E-state index is 0.437. The standard InChI is InChI=1S/C15H24N2O/c1-12-5-6-14(10-13(12)2)17-8-7-16-11-15-4-3-9-18-15/h5-6,10,15-17H,3-4,7-9,11H2,1-2H3. The lowest BCUT2D eigenvalue weighted by atomic mass is 10.1. The van der Waals surface area contributed by atoms with Gasteiger partial charge in [-0.2, -0.15) is 0 Å². The molecule has 0 radical (unpaired) electrons. The predicted molar refractivity (Wildman–Crippen MR) is 76.2 cm³/mol. The summed E-state index contributed by atoms with van der Waals surface area (Å²) in [7, 11) is 0. The van der Waals surface area contributed by atoms with Crippen molar-refractivity contribution in [2.45, 2.75) is 32.8 Å². The topological polar surface area (TPSA) is 33.3 Å². The third-order valence-electron chi connectivity index (χ3n) is 3.53. The van der Waals surface area contributed by atoms with Gasteiger partial charge < -0.3 is 15.4 Å². The molecule has 18 heavy (non-hydrogen) atoms.